The molecular weight excluding hydrogens is 406 g/mol. The normalized spacial score (nSPS) is 10.8. The third-order valence-electron chi connectivity index (χ3n) is 3.99. The monoisotopic (exact) mass is 423 g/mol. The quantitative estimate of drug-likeness (QED) is 0.454. The number of hydrogen-bond acceptors (Lipinski definition) is 6. The van der Waals surface area contributed by atoms with Crippen LogP contribution in [0, 0.1) is 0 Å². The smallest absolute Gasteiger partial charge is 0.258 e. The van der Waals surface area contributed by atoms with Crippen molar-refractivity contribution in [2.24, 2.45) is 0 Å². The van der Waals surface area contributed by atoms with E-state index in [0.29, 0.717) is 27.8 Å². The summed E-state index contributed by atoms with van der Waals surface area (Å²) in [5.74, 6) is 0.908. The zero-order valence-electron chi connectivity index (χ0n) is 15.3. The number of benzene rings is 2. The molecule has 2 aromatic carbocycles. The van der Waals surface area contributed by atoms with Crippen LogP contribution in [0.3, 0.4) is 0 Å². The van der Waals surface area contributed by atoms with Crippen LogP contribution in [0.5, 0.6) is 5.75 Å². The van der Waals surface area contributed by atoms with E-state index in [9.17, 15) is 9.59 Å². The summed E-state index contributed by atoms with van der Waals surface area (Å²) >= 11 is 2.89. The van der Waals surface area contributed by atoms with Gasteiger partial charge in [0.15, 0.2) is 4.96 Å². The predicted molar refractivity (Wildman–Crippen MR) is 116 cm³/mol. The van der Waals surface area contributed by atoms with Crippen molar-refractivity contribution in [3.63, 3.8) is 0 Å². The van der Waals surface area contributed by atoms with E-state index in [1.807, 2.05) is 35.7 Å². The topological polar surface area (TPSA) is 72.7 Å². The molecule has 4 aromatic rings. The Labute approximate surface area is 175 Å². The molecular formula is C21H17N3O3S2. The zero-order chi connectivity index (χ0) is 20.1. The molecule has 4 rings (SSSR count). The fourth-order valence-corrected chi connectivity index (χ4v) is 4.07. The fraction of sp³-hybridized carbons (Fsp3) is 0.0952. The second kappa shape index (κ2) is 8.93. The predicted octanol–water partition coefficient (Wildman–Crippen LogP) is 4.07. The molecule has 0 spiro atoms. The molecule has 0 saturated carbocycles. The van der Waals surface area contributed by atoms with Crippen molar-refractivity contribution in [1.29, 1.82) is 0 Å². The van der Waals surface area contributed by atoms with Crippen molar-refractivity contribution >= 4 is 39.7 Å². The van der Waals surface area contributed by atoms with Crippen LogP contribution in [0.4, 0.5) is 5.69 Å². The molecule has 6 nitrogen and oxygen atoms in total. The Kier molecular flexibility index (Phi) is 5.92. The molecule has 0 aliphatic carbocycles. The molecule has 0 aliphatic rings. The van der Waals surface area contributed by atoms with Crippen LogP contribution in [0.1, 0.15) is 5.69 Å². The second-order valence-corrected chi connectivity index (χ2v) is 8.03. The third-order valence-corrected chi connectivity index (χ3v) is 5.76. The van der Waals surface area contributed by atoms with Crippen LogP contribution in [0.2, 0.25) is 0 Å². The van der Waals surface area contributed by atoms with Crippen molar-refractivity contribution in [3.8, 4) is 5.75 Å². The van der Waals surface area contributed by atoms with Gasteiger partial charge < -0.3 is 10.1 Å². The van der Waals surface area contributed by atoms with Gasteiger partial charge in [-0.1, -0.05) is 18.2 Å². The third kappa shape index (κ3) is 5.04. The fourth-order valence-electron chi connectivity index (χ4n) is 2.62. The van der Waals surface area contributed by atoms with Crippen molar-refractivity contribution in [2.45, 2.75) is 11.5 Å². The molecule has 1 N–H and O–H groups in total. The SMILES string of the molecule is O=C(CSc1ccccc1)Nc1ccc(OCc2cc(=O)n3ccsc3n2)cc1. The van der Waals surface area contributed by atoms with Gasteiger partial charge in [-0.25, -0.2) is 4.98 Å². The molecule has 8 heteroatoms. The molecule has 0 fully saturated rings. The number of carbonyl (C=O) groups is 1. The summed E-state index contributed by atoms with van der Waals surface area (Å²) in [5, 5.41) is 4.69. The van der Waals surface area contributed by atoms with Crippen LogP contribution in [0.15, 0.2) is 81.9 Å². The maximum absolute atomic E-state index is 12.1. The Balaban J connectivity index is 1.30. The van der Waals surface area contributed by atoms with Crippen molar-refractivity contribution < 1.29 is 9.53 Å². The number of thioether (sulfide) groups is 1. The Hall–Kier alpha value is -3.10. The van der Waals surface area contributed by atoms with Gasteiger partial charge in [0.05, 0.1) is 11.4 Å². The number of nitrogens with one attached hydrogen (secondary N) is 1. The van der Waals surface area contributed by atoms with Gasteiger partial charge in [0, 0.05) is 28.2 Å². The maximum atomic E-state index is 12.1. The lowest BCUT2D eigenvalue weighted by Gasteiger charge is -2.08. The summed E-state index contributed by atoms with van der Waals surface area (Å²) in [4.78, 5) is 30.2. The van der Waals surface area contributed by atoms with Crippen LogP contribution >= 0.6 is 23.1 Å². The number of hydrogen-bond donors (Lipinski definition) is 1. The molecule has 0 atom stereocenters. The standard InChI is InChI=1S/C21H17N3O3S2/c25-19(14-29-18-4-2-1-3-5-18)22-15-6-8-17(9-7-15)27-13-16-12-20(26)24-10-11-28-21(24)23-16/h1-12H,13-14H2,(H,22,25). The van der Waals surface area contributed by atoms with Crippen molar-refractivity contribution in [2.75, 3.05) is 11.1 Å². The molecule has 2 heterocycles. The molecule has 1 amide bonds. The minimum absolute atomic E-state index is 0.0681. The lowest BCUT2D eigenvalue weighted by Crippen LogP contribution is -2.14. The number of aromatic nitrogens is 2. The summed E-state index contributed by atoms with van der Waals surface area (Å²) in [5.41, 5.74) is 1.15. The second-order valence-electron chi connectivity index (χ2n) is 6.10. The van der Waals surface area contributed by atoms with E-state index in [4.69, 9.17) is 4.74 Å². The molecule has 146 valence electrons. The number of thiazole rings is 1. The van der Waals surface area contributed by atoms with E-state index in [1.165, 1.54) is 33.6 Å². The number of ether oxygens (including phenoxy) is 1. The molecule has 0 bridgehead atoms. The van der Waals surface area contributed by atoms with E-state index in [0.717, 1.165) is 4.90 Å². The lowest BCUT2D eigenvalue weighted by molar-refractivity contribution is -0.113. The van der Waals surface area contributed by atoms with E-state index < -0.39 is 0 Å². The van der Waals surface area contributed by atoms with Gasteiger partial charge in [0.25, 0.3) is 5.56 Å². The first-order valence-electron chi connectivity index (χ1n) is 8.84. The number of fused-ring (bicyclic) bond motifs is 1. The van der Waals surface area contributed by atoms with Gasteiger partial charge in [-0.05, 0) is 36.4 Å². The summed E-state index contributed by atoms with van der Waals surface area (Å²) in [6.07, 6.45) is 1.70. The van der Waals surface area contributed by atoms with Gasteiger partial charge >= 0.3 is 0 Å². The summed E-state index contributed by atoms with van der Waals surface area (Å²) in [7, 11) is 0. The maximum Gasteiger partial charge on any atom is 0.258 e. The molecule has 2 aromatic heterocycles. The number of carbonyl (C=O) groups excluding carboxylic acids is 1. The first-order chi connectivity index (χ1) is 14.2. The summed E-state index contributed by atoms with van der Waals surface area (Å²) in [6, 6.07) is 18.4. The molecule has 0 unspecified atom stereocenters. The minimum Gasteiger partial charge on any atom is -0.487 e. The first kappa shape index (κ1) is 19.2. The first-order valence-corrected chi connectivity index (χ1v) is 10.7. The van der Waals surface area contributed by atoms with E-state index in [2.05, 4.69) is 10.3 Å². The van der Waals surface area contributed by atoms with Crippen LogP contribution in [-0.2, 0) is 11.4 Å². The van der Waals surface area contributed by atoms with Gasteiger partial charge in [-0.3, -0.25) is 14.0 Å². The highest BCUT2D eigenvalue weighted by Crippen LogP contribution is 2.19. The molecule has 0 saturated heterocycles. The average molecular weight is 424 g/mol. The Morgan fingerprint density at radius 2 is 1.93 bits per heavy atom. The van der Waals surface area contributed by atoms with Gasteiger partial charge in [0.1, 0.15) is 12.4 Å². The number of amides is 1. The summed E-state index contributed by atoms with van der Waals surface area (Å²) < 4.78 is 7.22. The molecule has 0 aliphatic heterocycles. The Bertz CT molecular complexity index is 1170. The zero-order valence-corrected chi connectivity index (χ0v) is 16.9. The van der Waals surface area contributed by atoms with Gasteiger partial charge in [-0.2, -0.15) is 0 Å². The molecule has 0 radical (unpaired) electrons. The highest BCUT2D eigenvalue weighted by molar-refractivity contribution is 8.00. The summed E-state index contributed by atoms with van der Waals surface area (Å²) in [6.45, 7) is 0.197. The Morgan fingerprint density at radius 3 is 2.72 bits per heavy atom. The van der Waals surface area contributed by atoms with Crippen LogP contribution < -0.4 is 15.6 Å². The lowest BCUT2D eigenvalue weighted by atomic mass is 10.3. The largest absolute Gasteiger partial charge is 0.487 e. The van der Waals surface area contributed by atoms with Crippen LogP contribution in [0.25, 0.3) is 4.96 Å². The van der Waals surface area contributed by atoms with Crippen LogP contribution in [-0.4, -0.2) is 21.0 Å². The number of anilines is 1. The number of nitrogens with zero attached hydrogens (tertiary/aromatic N) is 2. The average Bonchev–Trinajstić information content (AvgIpc) is 3.22. The number of rotatable bonds is 7. The van der Waals surface area contributed by atoms with Gasteiger partial charge in [0.2, 0.25) is 5.91 Å². The minimum atomic E-state index is -0.124. The highest BCUT2D eigenvalue weighted by atomic mass is 32.2. The van der Waals surface area contributed by atoms with E-state index >= 15 is 0 Å². The van der Waals surface area contributed by atoms with Gasteiger partial charge in [-0.15, -0.1) is 23.1 Å². The van der Waals surface area contributed by atoms with Crippen molar-refractivity contribution in [1.82, 2.24) is 9.38 Å². The van der Waals surface area contributed by atoms with Crippen molar-refractivity contribution in [3.05, 3.63) is 88.3 Å². The van der Waals surface area contributed by atoms with E-state index in [-0.39, 0.29) is 18.1 Å². The molecule has 29 heavy (non-hydrogen) atoms. The Morgan fingerprint density at radius 1 is 1.14 bits per heavy atom. The van der Waals surface area contributed by atoms with E-state index in [1.54, 1.807) is 30.5 Å². The highest BCUT2D eigenvalue weighted by Gasteiger charge is 2.06.